The summed E-state index contributed by atoms with van der Waals surface area (Å²) in [5.74, 6) is 0.442. The first kappa shape index (κ1) is 17.6. The number of ether oxygens (including phenoxy) is 1. The molecule has 122 valence electrons. The quantitative estimate of drug-likeness (QED) is 0.857. The van der Waals surface area contributed by atoms with Crippen molar-refractivity contribution in [3.05, 3.63) is 58.1 Å². The van der Waals surface area contributed by atoms with Crippen LogP contribution in [-0.2, 0) is 11.2 Å². The molecule has 1 amide bonds. The highest BCUT2D eigenvalue weighted by Gasteiger charge is 2.28. The molecule has 2 rings (SSSR count). The summed E-state index contributed by atoms with van der Waals surface area (Å²) in [6.45, 7) is 1.68. The van der Waals surface area contributed by atoms with Crippen LogP contribution in [0.3, 0.4) is 0 Å². The Kier molecular flexibility index (Phi) is 5.52. The minimum Gasteiger partial charge on any atom is -0.497 e. The van der Waals surface area contributed by atoms with E-state index in [2.05, 4.69) is 5.32 Å². The van der Waals surface area contributed by atoms with Crippen molar-refractivity contribution in [2.24, 2.45) is 5.73 Å². The highest BCUT2D eigenvalue weighted by atomic mass is 35.5. The molecule has 0 heterocycles. The smallest absolute Gasteiger partial charge is 0.244 e. The lowest BCUT2D eigenvalue weighted by atomic mass is 9.93. The van der Waals surface area contributed by atoms with E-state index in [1.807, 2.05) is 24.3 Å². The molecule has 2 aromatic rings. The largest absolute Gasteiger partial charge is 0.497 e. The molecule has 1 atom stereocenters. The third-order valence-corrected chi connectivity index (χ3v) is 3.81. The van der Waals surface area contributed by atoms with Gasteiger partial charge in [-0.3, -0.25) is 4.79 Å². The van der Waals surface area contributed by atoms with Crippen molar-refractivity contribution in [1.29, 1.82) is 0 Å². The lowest BCUT2D eigenvalue weighted by molar-refractivity contribution is -0.120. The minimum absolute atomic E-state index is 0.313. The number of amides is 1. The van der Waals surface area contributed by atoms with Crippen LogP contribution in [0.1, 0.15) is 12.5 Å². The Morgan fingerprint density at radius 1 is 1.17 bits per heavy atom. The minimum atomic E-state index is -1.08. The van der Waals surface area contributed by atoms with Crippen LogP contribution in [0.4, 0.5) is 5.69 Å². The second kappa shape index (κ2) is 7.21. The zero-order valence-electron chi connectivity index (χ0n) is 12.9. The average Bonchev–Trinajstić information content (AvgIpc) is 2.46. The lowest BCUT2D eigenvalue weighted by Gasteiger charge is -2.24. The number of halogens is 2. The molecule has 0 bridgehead atoms. The first-order valence-electron chi connectivity index (χ1n) is 6.99. The van der Waals surface area contributed by atoms with Gasteiger partial charge in [0.25, 0.3) is 0 Å². The molecule has 0 unspecified atom stereocenters. The van der Waals surface area contributed by atoms with E-state index in [0.717, 1.165) is 11.3 Å². The fourth-order valence-corrected chi connectivity index (χ4v) is 2.67. The normalized spacial score (nSPS) is 13.3. The van der Waals surface area contributed by atoms with Gasteiger partial charge in [-0.25, -0.2) is 0 Å². The first-order chi connectivity index (χ1) is 10.8. The number of nitrogens with two attached hydrogens (primary N) is 1. The molecule has 4 nitrogen and oxygen atoms in total. The maximum absolute atomic E-state index is 12.4. The van der Waals surface area contributed by atoms with Gasteiger partial charge in [-0.05, 0) is 49.2 Å². The Balaban J connectivity index is 2.09. The Morgan fingerprint density at radius 3 is 2.26 bits per heavy atom. The molecular formula is C17H18Cl2N2O2. The maximum atomic E-state index is 12.4. The van der Waals surface area contributed by atoms with E-state index in [9.17, 15) is 4.79 Å². The van der Waals surface area contributed by atoms with Gasteiger partial charge in [0.05, 0.1) is 12.6 Å². The molecule has 0 saturated heterocycles. The summed E-state index contributed by atoms with van der Waals surface area (Å²) in [5, 5.41) is 3.64. The van der Waals surface area contributed by atoms with Crippen LogP contribution in [0.5, 0.6) is 5.75 Å². The van der Waals surface area contributed by atoms with Crippen LogP contribution in [0, 0.1) is 0 Å². The van der Waals surface area contributed by atoms with E-state index >= 15 is 0 Å². The lowest BCUT2D eigenvalue weighted by Crippen LogP contribution is -2.50. The predicted molar refractivity (Wildman–Crippen MR) is 94.4 cm³/mol. The van der Waals surface area contributed by atoms with Gasteiger partial charge in [-0.15, -0.1) is 0 Å². The second-order valence-electron chi connectivity index (χ2n) is 5.55. The number of hydrogen-bond acceptors (Lipinski definition) is 3. The van der Waals surface area contributed by atoms with Gasteiger partial charge >= 0.3 is 0 Å². The fraction of sp³-hybridized carbons (Fsp3) is 0.235. The third kappa shape index (κ3) is 4.86. The number of benzene rings is 2. The molecule has 0 spiro atoms. The summed E-state index contributed by atoms with van der Waals surface area (Å²) in [7, 11) is 1.60. The molecule has 0 aliphatic carbocycles. The van der Waals surface area contributed by atoms with Gasteiger partial charge in [-0.1, -0.05) is 35.3 Å². The third-order valence-electron chi connectivity index (χ3n) is 3.37. The number of nitrogens with one attached hydrogen (secondary N) is 1. The van der Waals surface area contributed by atoms with Crippen LogP contribution in [0.25, 0.3) is 0 Å². The molecule has 23 heavy (non-hydrogen) atoms. The van der Waals surface area contributed by atoms with Gasteiger partial charge in [0.1, 0.15) is 5.75 Å². The molecule has 6 heteroatoms. The van der Waals surface area contributed by atoms with Crippen molar-refractivity contribution >= 4 is 34.8 Å². The summed E-state index contributed by atoms with van der Waals surface area (Å²) >= 11 is 11.9. The van der Waals surface area contributed by atoms with Crippen molar-refractivity contribution in [1.82, 2.24) is 0 Å². The van der Waals surface area contributed by atoms with Crippen LogP contribution >= 0.6 is 23.2 Å². The molecule has 0 aliphatic rings. The standard InChI is InChI=1S/C17H18Cl2N2O2/c1-17(20,10-11-3-5-15(23-2)6-4-11)16(22)21-14-8-12(18)7-13(19)9-14/h3-9H,10,20H2,1-2H3,(H,21,22)/t17-/m1/s1. The van der Waals surface area contributed by atoms with E-state index in [0.29, 0.717) is 22.2 Å². The molecule has 0 aromatic heterocycles. The topological polar surface area (TPSA) is 64.3 Å². The van der Waals surface area contributed by atoms with Crippen molar-refractivity contribution in [2.45, 2.75) is 18.9 Å². The van der Waals surface area contributed by atoms with Crippen molar-refractivity contribution in [2.75, 3.05) is 12.4 Å². The van der Waals surface area contributed by atoms with E-state index < -0.39 is 5.54 Å². The van der Waals surface area contributed by atoms with Crippen LogP contribution in [-0.4, -0.2) is 18.6 Å². The molecule has 0 saturated carbocycles. The van der Waals surface area contributed by atoms with Crippen molar-refractivity contribution in [3.8, 4) is 5.75 Å². The number of rotatable bonds is 5. The van der Waals surface area contributed by atoms with Crippen LogP contribution in [0.15, 0.2) is 42.5 Å². The summed E-state index contributed by atoms with van der Waals surface area (Å²) < 4.78 is 5.11. The van der Waals surface area contributed by atoms with Gasteiger partial charge < -0.3 is 15.8 Å². The maximum Gasteiger partial charge on any atom is 0.244 e. The van der Waals surface area contributed by atoms with Gasteiger partial charge in [0.2, 0.25) is 5.91 Å². The Morgan fingerprint density at radius 2 is 1.74 bits per heavy atom. The highest BCUT2D eigenvalue weighted by Crippen LogP contribution is 2.23. The number of anilines is 1. The van der Waals surface area contributed by atoms with Crippen LogP contribution < -0.4 is 15.8 Å². The molecular weight excluding hydrogens is 335 g/mol. The number of carbonyl (C=O) groups excluding carboxylic acids is 1. The average molecular weight is 353 g/mol. The SMILES string of the molecule is COc1ccc(C[C@@](C)(N)C(=O)Nc2cc(Cl)cc(Cl)c2)cc1. The summed E-state index contributed by atoms with van der Waals surface area (Å²) in [4.78, 5) is 12.4. The van der Waals surface area contributed by atoms with Gasteiger partial charge in [-0.2, -0.15) is 0 Å². The summed E-state index contributed by atoms with van der Waals surface area (Å²) in [6.07, 6.45) is 0.386. The number of methoxy groups -OCH3 is 1. The zero-order chi connectivity index (χ0) is 17.0. The summed E-state index contributed by atoms with van der Waals surface area (Å²) in [5.41, 5.74) is 6.55. The van der Waals surface area contributed by atoms with E-state index in [1.165, 1.54) is 0 Å². The Hall–Kier alpha value is -1.75. The number of hydrogen-bond donors (Lipinski definition) is 2. The Bertz CT molecular complexity index is 680. The number of carbonyl (C=O) groups is 1. The molecule has 0 radical (unpaired) electrons. The van der Waals surface area contributed by atoms with Crippen molar-refractivity contribution < 1.29 is 9.53 Å². The van der Waals surface area contributed by atoms with E-state index in [-0.39, 0.29) is 5.91 Å². The molecule has 2 aromatic carbocycles. The molecule has 0 aliphatic heterocycles. The van der Waals surface area contributed by atoms with Crippen molar-refractivity contribution in [3.63, 3.8) is 0 Å². The highest BCUT2D eigenvalue weighted by molar-refractivity contribution is 6.35. The first-order valence-corrected chi connectivity index (χ1v) is 7.75. The summed E-state index contributed by atoms with van der Waals surface area (Å²) in [6, 6.07) is 12.3. The second-order valence-corrected chi connectivity index (χ2v) is 6.43. The van der Waals surface area contributed by atoms with E-state index in [1.54, 1.807) is 32.2 Å². The monoisotopic (exact) mass is 352 g/mol. The zero-order valence-corrected chi connectivity index (χ0v) is 14.4. The van der Waals surface area contributed by atoms with Gasteiger partial charge in [0, 0.05) is 15.7 Å². The fourth-order valence-electron chi connectivity index (χ4n) is 2.15. The molecule has 3 N–H and O–H groups in total. The van der Waals surface area contributed by atoms with E-state index in [4.69, 9.17) is 33.7 Å². The predicted octanol–water partition coefficient (Wildman–Crippen LogP) is 3.90. The Labute approximate surface area is 145 Å². The molecule has 0 fully saturated rings. The van der Waals surface area contributed by atoms with Crippen LogP contribution in [0.2, 0.25) is 10.0 Å². The van der Waals surface area contributed by atoms with Gasteiger partial charge in [0.15, 0.2) is 0 Å².